The molecule has 0 rings (SSSR count). The minimum absolute atomic E-state index is 0.278. The highest BCUT2D eigenvalue weighted by molar-refractivity contribution is 7.42. The van der Waals surface area contributed by atoms with Gasteiger partial charge in [0.25, 0.3) is 0 Å². The first-order valence-corrected chi connectivity index (χ1v) is 6.26. The van der Waals surface area contributed by atoms with E-state index in [1.54, 1.807) is 0 Å². The van der Waals surface area contributed by atoms with Crippen LogP contribution in [-0.2, 0) is 0 Å². The van der Waals surface area contributed by atoms with Crippen molar-refractivity contribution in [2.24, 2.45) is 11.7 Å². The van der Waals surface area contributed by atoms with Gasteiger partial charge < -0.3 is 5.73 Å². The highest BCUT2D eigenvalue weighted by Crippen LogP contribution is 2.27. The molecule has 0 aliphatic carbocycles. The summed E-state index contributed by atoms with van der Waals surface area (Å²) < 4.78 is 0. The van der Waals surface area contributed by atoms with E-state index < -0.39 is 0 Å². The van der Waals surface area contributed by atoms with Gasteiger partial charge in [0.1, 0.15) is 0 Å². The van der Waals surface area contributed by atoms with E-state index in [4.69, 9.17) is 5.73 Å². The van der Waals surface area contributed by atoms with Crippen LogP contribution in [0.15, 0.2) is 11.4 Å². The Hall–Kier alpha value is 0.130. The van der Waals surface area contributed by atoms with Crippen LogP contribution in [0.4, 0.5) is 0 Å². The SMILES string of the molecule is CCCC(N)/C=C(/PC)C(C)C. The summed E-state index contributed by atoms with van der Waals surface area (Å²) in [5.74, 6) is 0.663. The Morgan fingerprint density at radius 2 is 2.08 bits per heavy atom. The van der Waals surface area contributed by atoms with Gasteiger partial charge in [0, 0.05) is 6.04 Å². The van der Waals surface area contributed by atoms with Crippen LogP contribution in [0.2, 0.25) is 0 Å². The van der Waals surface area contributed by atoms with Gasteiger partial charge in [-0.3, -0.25) is 0 Å². The van der Waals surface area contributed by atoms with Crippen molar-refractivity contribution in [2.45, 2.75) is 39.7 Å². The van der Waals surface area contributed by atoms with E-state index in [-0.39, 0.29) is 6.04 Å². The summed E-state index contributed by atoms with van der Waals surface area (Å²) in [6, 6.07) is 0.278. The van der Waals surface area contributed by atoms with Gasteiger partial charge in [-0.25, -0.2) is 0 Å². The number of nitrogens with two attached hydrogens (primary N) is 1. The first-order chi connectivity index (χ1) is 5.61. The summed E-state index contributed by atoms with van der Waals surface area (Å²) in [7, 11) is 0.908. The highest BCUT2D eigenvalue weighted by atomic mass is 31.1. The van der Waals surface area contributed by atoms with Crippen LogP contribution in [0, 0.1) is 5.92 Å². The van der Waals surface area contributed by atoms with E-state index >= 15 is 0 Å². The molecule has 72 valence electrons. The fourth-order valence-electron chi connectivity index (χ4n) is 1.21. The monoisotopic (exact) mass is 187 g/mol. The predicted octanol–water partition coefficient (Wildman–Crippen LogP) is 2.96. The van der Waals surface area contributed by atoms with Crippen molar-refractivity contribution in [1.82, 2.24) is 0 Å². The van der Waals surface area contributed by atoms with Gasteiger partial charge >= 0.3 is 0 Å². The fourth-order valence-corrected chi connectivity index (χ4v) is 2.17. The van der Waals surface area contributed by atoms with Crippen molar-refractivity contribution in [1.29, 1.82) is 0 Å². The molecule has 0 aromatic carbocycles. The predicted molar refractivity (Wildman–Crippen MR) is 60.0 cm³/mol. The Bertz CT molecular complexity index is 141. The first-order valence-electron chi connectivity index (χ1n) is 4.76. The normalized spacial score (nSPS) is 16.3. The zero-order valence-electron chi connectivity index (χ0n) is 8.72. The lowest BCUT2D eigenvalue weighted by Crippen LogP contribution is -2.17. The summed E-state index contributed by atoms with van der Waals surface area (Å²) in [4.78, 5) is 0. The van der Waals surface area contributed by atoms with Gasteiger partial charge in [-0.15, -0.1) is 0 Å². The molecule has 0 heterocycles. The molecule has 0 aromatic rings. The second-order valence-corrected chi connectivity index (χ2v) is 4.56. The molecule has 0 saturated heterocycles. The van der Waals surface area contributed by atoms with Crippen molar-refractivity contribution in [3.8, 4) is 0 Å². The molecule has 0 spiro atoms. The number of allylic oxidation sites excluding steroid dienone is 1. The largest absolute Gasteiger partial charge is 0.324 e. The van der Waals surface area contributed by atoms with Gasteiger partial charge in [-0.1, -0.05) is 41.8 Å². The van der Waals surface area contributed by atoms with Crippen LogP contribution in [0.5, 0.6) is 0 Å². The highest BCUT2D eigenvalue weighted by Gasteiger charge is 2.03. The smallest absolute Gasteiger partial charge is 0.0229 e. The van der Waals surface area contributed by atoms with Crippen molar-refractivity contribution in [3.05, 3.63) is 11.4 Å². The second-order valence-electron chi connectivity index (χ2n) is 3.48. The fraction of sp³-hybridized carbons (Fsp3) is 0.800. The van der Waals surface area contributed by atoms with Gasteiger partial charge in [-0.2, -0.15) is 0 Å². The van der Waals surface area contributed by atoms with Crippen molar-refractivity contribution >= 4 is 8.58 Å². The summed E-state index contributed by atoms with van der Waals surface area (Å²) in [5.41, 5.74) is 5.93. The molecule has 0 radical (unpaired) electrons. The average Bonchev–Trinajstić information content (AvgIpc) is 2.00. The number of hydrogen-bond acceptors (Lipinski definition) is 1. The molecule has 0 amide bonds. The van der Waals surface area contributed by atoms with Crippen LogP contribution < -0.4 is 5.73 Å². The number of hydrogen-bond donors (Lipinski definition) is 1. The minimum atomic E-state index is 0.278. The Morgan fingerprint density at radius 1 is 1.50 bits per heavy atom. The van der Waals surface area contributed by atoms with Crippen molar-refractivity contribution in [2.75, 3.05) is 6.66 Å². The first kappa shape index (κ1) is 12.1. The third-order valence-corrected chi connectivity index (χ3v) is 3.25. The van der Waals surface area contributed by atoms with E-state index in [0.29, 0.717) is 5.92 Å². The molecule has 2 heteroatoms. The van der Waals surface area contributed by atoms with E-state index in [2.05, 4.69) is 33.5 Å². The molecule has 2 unspecified atom stereocenters. The molecule has 0 saturated carbocycles. The van der Waals surface area contributed by atoms with Crippen molar-refractivity contribution < 1.29 is 0 Å². The van der Waals surface area contributed by atoms with Gasteiger partial charge in [-0.05, 0) is 24.3 Å². The van der Waals surface area contributed by atoms with Crippen LogP contribution in [-0.4, -0.2) is 12.7 Å². The molecule has 0 aliphatic heterocycles. The molecular weight excluding hydrogens is 165 g/mol. The molecule has 2 atom stereocenters. The van der Waals surface area contributed by atoms with Crippen LogP contribution in [0.1, 0.15) is 33.6 Å². The van der Waals surface area contributed by atoms with E-state index in [9.17, 15) is 0 Å². The molecule has 0 aliphatic rings. The molecule has 1 nitrogen and oxygen atoms in total. The summed E-state index contributed by atoms with van der Waals surface area (Å²) in [5, 5.41) is 1.52. The summed E-state index contributed by atoms with van der Waals surface area (Å²) in [6.45, 7) is 8.88. The molecule has 2 N–H and O–H groups in total. The Kier molecular flexibility index (Phi) is 6.70. The molecule has 0 fully saturated rings. The van der Waals surface area contributed by atoms with E-state index in [1.165, 1.54) is 11.7 Å². The van der Waals surface area contributed by atoms with Crippen LogP contribution >= 0.6 is 8.58 Å². The standard InChI is InChI=1S/C10H22NP/c1-5-6-9(11)7-10(12-4)8(2)3/h7-9,12H,5-6,11H2,1-4H3/b10-7+. The quantitative estimate of drug-likeness (QED) is 0.658. The van der Waals surface area contributed by atoms with E-state index in [1.807, 2.05) is 0 Å². The zero-order valence-corrected chi connectivity index (χ0v) is 9.72. The molecule has 0 bridgehead atoms. The van der Waals surface area contributed by atoms with Crippen LogP contribution in [0.3, 0.4) is 0 Å². The molecular formula is C10H22NP. The minimum Gasteiger partial charge on any atom is -0.324 e. The van der Waals surface area contributed by atoms with Crippen molar-refractivity contribution in [3.63, 3.8) is 0 Å². The van der Waals surface area contributed by atoms with E-state index in [0.717, 1.165) is 15.0 Å². The summed E-state index contributed by atoms with van der Waals surface area (Å²) >= 11 is 0. The lowest BCUT2D eigenvalue weighted by atomic mass is 10.1. The maximum Gasteiger partial charge on any atom is 0.0229 e. The third kappa shape index (κ3) is 4.90. The average molecular weight is 187 g/mol. The van der Waals surface area contributed by atoms with Gasteiger partial charge in [0.15, 0.2) is 0 Å². The van der Waals surface area contributed by atoms with Gasteiger partial charge in [0.05, 0.1) is 0 Å². The van der Waals surface area contributed by atoms with Gasteiger partial charge in [0.2, 0.25) is 0 Å². The lowest BCUT2D eigenvalue weighted by molar-refractivity contribution is 0.691. The Morgan fingerprint density at radius 3 is 2.42 bits per heavy atom. The third-order valence-electron chi connectivity index (χ3n) is 1.93. The Labute approximate surface area is 78.6 Å². The second kappa shape index (κ2) is 6.62. The maximum atomic E-state index is 5.93. The van der Waals surface area contributed by atoms with Crippen LogP contribution in [0.25, 0.3) is 0 Å². The maximum absolute atomic E-state index is 5.93. The lowest BCUT2D eigenvalue weighted by Gasteiger charge is -2.12. The Balaban J connectivity index is 4.07. The molecule has 12 heavy (non-hydrogen) atoms. The molecule has 0 aromatic heterocycles. The number of rotatable bonds is 5. The topological polar surface area (TPSA) is 26.0 Å². The summed E-state index contributed by atoms with van der Waals surface area (Å²) in [6.07, 6.45) is 4.54. The zero-order chi connectivity index (χ0) is 9.56.